The zero-order valence-corrected chi connectivity index (χ0v) is 9.75. The third-order valence-corrected chi connectivity index (χ3v) is 2.57. The van der Waals surface area contributed by atoms with E-state index in [0.717, 1.165) is 25.9 Å². The highest BCUT2D eigenvalue weighted by molar-refractivity contribution is 5.10. The molecule has 1 rings (SSSR count). The number of nitrogens with zero attached hydrogens (tertiary/aromatic N) is 3. The summed E-state index contributed by atoms with van der Waals surface area (Å²) in [5, 5.41) is 2.32. The summed E-state index contributed by atoms with van der Waals surface area (Å²) in [4.78, 5) is 4.44. The van der Waals surface area contributed by atoms with Crippen molar-refractivity contribution in [3.05, 3.63) is 17.7 Å². The summed E-state index contributed by atoms with van der Waals surface area (Å²) in [6.45, 7) is 10.8. The Morgan fingerprint density at radius 3 is 2.21 bits per heavy atom. The molecule has 0 aromatic carbocycles. The number of hydrogen-bond donors (Lipinski definition) is 0. The van der Waals surface area contributed by atoms with Crippen LogP contribution in [0.3, 0.4) is 0 Å². The molecule has 1 heterocycles. The van der Waals surface area contributed by atoms with Crippen molar-refractivity contribution >= 4 is 0 Å². The molecule has 0 atom stereocenters. The molecular weight excluding hydrogens is 174 g/mol. The Labute approximate surface area is 86.7 Å². The SMILES string of the molecule is CCc1cnc(CC)n1N(CC)CC. The van der Waals surface area contributed by atoms with E-state index in [9.17, 15) is 0 Å². The summed E-state index contributed by atoms with van der Waals surface area (Å²) < 4.78 is 2.28. The Morgan fingerprint density at radius 2 is 1.79 bits per heavy atom. The summed E-state index contributed by atoms with van der Waals surface area (Å²) in [5.41, 5.74) is 1.31. The van der Waals surface area contributed by atoms with Crippen LogP contribution in [-0.4, -0.2) is 22.7 Å². The van der Waals surface area contributed by atoms with Gasteiger partial charge in [-0.25, -0.2) is 9.66 Å². The fraction of sp³-hybridized carbons (Fsp3) is 0.727. The summed E-state index contributed by atoms with van der Waals surface area (Å²) in [7, 11) is 0. The van der Waals surface area contributed by atoms with E-state index >= 15 is 0 Å². The van der Waals surface area contributed by atoms with Crippen LogP contribution in [0.1, 0.15) is 39.2 Å². The molecule has 0 saturated heterocycles. The van der Waals surface area contributed by atoms with E-state index < -0.39 is 0 Å². The Kier molecular flexibility index (Phi) is 3.98. The van der Waals surface area contributed by atoms with Crippen LogP contribution in [-0.2, 0) is 12.8 Å². The van der Waals surface area contributed by atoms with Gasteiger partial charge in [-0.1, -0.05) is 13.8 Å². The molecule has 1 aromatic heterocycles. The van der Waals surface area contributed by atoms with E-state index in [0.29, 0.717) is 0 Å². The van der Waals surface area contributed by atoms with Crippen molar-refractivity contribution in [3.63, 3.8) is 0 Å². The number of hydrogen-bond acceptors (Lipinski definition) is 2. The van der Waals surface area contributed by atoms with E-state index in [-0.39, 0.29) is 0 Å². The molecule has 0 aliphatic rings. The molecular formula is C11H21N3. The first kappa shape index (κ1) is 11.1. The molecule has 3 heteroatoms. The molecule has 0 spiro atoms. The van der Waals surface area contributed by atoms with Crippen LogP contribution in [0.25, 0.3) is 0 Å². The Hall–Kier alpha value is -0.990. The zero-order valence-electron chi connectivity index (χ0n) is 9.75. The number of aromatic nitrogens is 2. The van der Waals surface area contributed by atoms with Crippen LogP contribution >= 0.6 is 0 Å². The van der Waals surface area contributed by atoms with Crippen molar-refractivity contribution in [1.82, 2.24) is 9.66 Å². The van der Waals surface area contributed by atoms with E-state index in [1.54, 1.807) is 0 Å². The standard InChI is InChI=1S/C11H21N3/c1-5-10-9-12-11(6-2)14(10)13(7-3)8-4/h9H,5-8H2,1-4H3. The molecule has 3 nitrogen and oxygen atoms in total. The molecule has 0 aliphatic heterocycles. The molecule has 0 saturated carbocycles. The van der Waals surface area contributed by atoms with Crippen LogP contribution < -0.4 is 5.01 Å². The number of imidazole rings is 1. The van der Waals surface area contributed by atoms with Gasteiger partial charge in [0.2, 0.25) is 0 Å². The highest BCUT2D eigenvalue weighted by Crippen LogP contribution is 2.08. The van der Waals surface area contributed by atoms with Crippen molar-refractivity contribution in [2.24, 2.45) is 0 Å². The van der Waals surface area contributed by atoms with Gasteiger partial charge >= 0.3 is 0 Å². The van der Waals surface area contributed by atoms with E-state index in [4.69, 9.17) is 0 Å². The van der Waals surface area contributed by atoms with Gasteiger partial charge in [0.15, 0.2) is 0 Å². The lowest BCUT2D eigenvalue weighted by Gasteiger charge is -2.26. The number of aryl methyl sites for hydroxylation is 2. The molecule has 0 amide bonds. The molecule has 0 bridgehead atoms. The fourth-order valence-corrected chi connectivity index (χ4v) is 1.76. The Bertz CT molecular complexity index is 253. The summed E-state index contributed by atoms with van der Waals surface area (Å²) in [6.07, 6.45) is 4.04. The number of rotatable bonds is 5. The highest BCUT2D eigenvalue weighted by Gasteiger charge is 2.10. The molecule has 0 unspecified atom stereocenters. The molecule has 14 heavy (non-hydrogen) atoms. The van der Waals surface area contributed by atoms with E-state index in [1.165, 1.54) is 11.5 Å². The van der Waals surface area contributed by atoms with Crippen LogP contribution in [0.15, 0.2) is 6.20 Å². The van der Waals surface area contributed by atoms with Gasteiger partial charge in [0.05, 0.1) is 11.9 Å². The average molecular weight is 195 g/mol. The second-order valence-corrected chi connectivity index (χ2v) is 3.32. The highest BCUT2D eigenvalue weighted by atomic mass is 15.6. The smallest absolute Gasteiger partial charge is 0.127 e. The third kappa shape index (κ3) is 1.91. The maximum Gasteiger partial charge on any atom is 0.127 e. The van der Waals surface area contributed by atoms with E-state index in [1.807, 2.05) is 6.20 Å². The van der Waals surface area contributed by atoms with Gasteiger partial charge in [-0.15, -0.1) is 0 Å². The predicted octanol–water partition coefficient (Wildman–Crippen LogP) is 1.99. The molecule has 0 aliphatic carbocycles. The first-order chi connectivity index (χ1) is 6.78. The second-order valence-electron chi connectivity index (χ2n) is 3.32. The zero-order chi connectivity index (χ0) is 10.6. The van der Waals surface area contributed by atoms with Gasteiger partial charge in [-0.3, -0.25) is 0 Å². The summed E-state index contributed by atoms with van der Waals surface area (Å²) >= 11 is 0. The van der Waals surface area contributed by atoms with Crippen LogP contribution in [0.4, 0.5) is 0 Å². The monoisotopic (exact) mass is 195 g/mol. The third-order valence-electron chi connectivity index (χ3n) is 2.57. The van der Waals surface area contributed by atoms with E-state index in [2.05, 4.69) is 42.4 Å². The Balaban J connectivity index is 3.06. The maximum atomic E-state index is 4.44. The predicted molar refractivity (Wildman–Crippen MR) is 60.3 cm³/mol. The molecule has 0 radical (unpaired) electrons. The summed E-state index contributed by atoms with van der Waals surface area (Å²) in [5.74, 6) is 1.17. The van der Waals surface area contributed by atoms with Crippen molar-refractivity contribution in [2.75, 3.05) is 18.1 Å². The minimum atomic E-state index is 0.997. The Morgan fingerprint density at radius 1 is 1.14 bits per heavy atom. The lowest BCUT2D eigenvalue weighted by atomic mass is 10.4. The van der Waals surface area contributed by atoms with Crippen molar-refractivity contribution in [2.45, 2.75) is 40.5 Å². The fourth-order valence-electron chi connectivity index (χ4n) is 1.76. The van der Waals surface area contributed by atoms with Crippen molar-refractivity contribution in [1.29, 1.82) is 0 Å². The lowest BCUT2D eigenvalue weighted by Crippen LogP contribution is -2.36. The largest absolute Gasteiger partial charge is 0.312 e. The normalized spacial score (nSPS) is 10.6. The van der Waals surface area contributed by atoms with Gasteiger partial charge in [-0.2, -0.15) is 0 Å². The van der Waals surface area contributed by atoms with Gasteiger partial charge in [0.1, 0.15) is 5.82 Å². The van der Waals surface area contributed by atoms with Gasteiger partial charge < -0.3 is 5.01 Å². The van der Waals surface area contributed by atoms with Gasteiger partial charge in [0, 0.05) is 19.5 Å². The van der Waals surface area contributed by atoms with Crippen LogP contribution in [0.2, 0.25) is 0 Å². The van der Waals surface area contributed by atoms with Gasteiger partial charge in [0.25, 0.3) is 0 Å². The molecule has 0 fully saturated rings. The lowest BCUT2D eigenvalue weighted by molar-refractivity contribution is 0.573. The van der Waals surface area contributed by atoms with Crippen molar-refractivity contribution in [3.8, 4) is 0 Å². The molecule has 0 N–H and O–H groups in total. The minimum Gasteiger partial charge on any atom is -0.312 e. The van der Waals surface area contributed by atoms with Crippen molar-refractivity contribution < 1.29 is 0 Å². The first-order valence-corrected chi connectivity index (χ1v) is 5.59. The van der Waals surface area contributed by atoms with Gasteiger partial charge in [-0.05, 0) is 20.3 Å². The topological polar surface area (TPSA) is 21.1 Å². The average Bonchev–Trinajstić information content (AvgIpc) is 2.63. The van der Waals surface area contributed by atoms with Crippen LogP contribution in [0, 0.1) is 0 Å². The second kappa shape index (κ2) is 5.03. The quantitative estimate of drug-likeness (QED) is 0.716. The summed E-state index contributed by atoms with van der Waals surface area (Å²) in [6, 6.07) is 0. The molecule has 1 aromatic rings. The first-order valence-electron chi connectivity index (χ1n) is 5.59. The minimum absolute atomic E-state index is 0.997. The molecule has 80 valence electrons. The maximum absolute atomic E-state index is 4.44. The van der Waals surface area contributed by atoms with Crippen LogP contribution in [0.5, 0.6) is 0 Å².